The second kappa shape index (κ2) is 8.26. The molecule has 7 heteroatoms. The molecule has 0 bridgehead atoms. The minimum Gasteiger partial charge on any atom is -0.374 e. The molecule has 0 spiro atoms. The van der Waals surface area contributed by atoms with Gasteiger partial charge >= 0.3 is 0 Å². The third kappa shape index (κ3) is 5.52. The highest BCUT2D eigenvalue weighted by Crippen LogP contribution is 2.22. The van der Waals surface area contributed by atoms with E-state index >= 15 is 0 Å². The normalized spacial score (nSPS) is 19.6. The quantitative estimate of drug-likeness (QED) is 0.785. The van der Waals surface area contributed by atoms with Crippen molar-refractivity contribution in [2.75, 3.05) is 53.9 Å². The highest BCUT2D eigenvalue weighted by Gasteiger charge is 2.23. The van der Waals surface area contributed by atoms with E-state index in [4.69, 9.17) is 16.3 Å². The molecule has 1 aromatic rings. The third-order valence-electron chi connectivity index (χ3n) is 3.60. The molecule has 0 saturated carbocycles. The van der Waals surface area contributed by atoms with Crippen LogP contribution in [0.5, 0.6) is 0 Å². The zero-order valence-electron chi connectivity index (χ0n) is 13.4. The molecule has 1 amide bonds. The fraction of sp³-hybridized carbons (Fsp3) is 0.667. The molecule has 0 N–H and O–H groups in total. The largest absolute Gasteiger partial charge is 0.374 e. The van der Waals surface area contributed by atoms with Crippen molar-refractivity contribution in [2.45, 2.75) is 12.6 Å². The number of ether oxygens (including phenoxy) is 1. The second-order valence-electron chi connectivity index (χ2n) is 5.95. The Morgan fingerprint density at radius 2 is 2.23 bits per heavy atom. The van der Waals surface area contributed by atoms with Crippen molar-refractivity contribution < 1.29 is 9.53 Å². The van der Waals surface area contributed by atoms with Crippen LogP contribution in [0.2, 0.25) is 4.34 Å². The summed E-state index contributed by atoms with van der Waals surface area (Å²) >= 11 is 7.44. The summed E-state index contributed by atoms with van der Waals surface area (Å²) in [4.78, 5) is 19.5. The first-order valence-electron chi connectivity index (χ1n) is 7.41. The summed E-state index contributed by atoms with van der Waals surface area (Å²) < 4.78 is 6.50. The second-order valence-corrected chi connectivity index (χ2v) is 7.75. The van der Waals surface area contributed by atoms with Crippen molar-refractivity contribution in [1.82, 2.24) is 14.7 Å². The van der Waals surface area contributed by atoms with Crippen LogP contribution < -0.4 is 0 Å². The Labute approximate surface area is 141 Å². The standard InChI is InChI=1S/C15H24ClN3O2S/c1-17(2)8-12-9-19(6-7-21-12)11-15(20)18(3)10-13-4-5-14(16)22-13/h4-5,12H,6-11H2,1-3H3. The van der Waals surface area contributed by atoms with E-state index in [0.29, 0.717) is 19.7 Å². The Kier molecular flexibility index (Phi) is 6.65. The number of carbonyl (C=O) groups excluding carboxylic acids is 1. The van der Waals surface area contributed by atoms with Gasteiger partial charge in [0.05, 0.1) is 30.1 Å². The number of morpholine rings is 1. The van der Waals surface area contributed by atoms with Crippen LogP contribution in [0, 0.1) is 0 Å². The topological polar surface area (TPSA) is 36.0 Å². The van der Waals surface area contributed by atoms with Crippen LogP contribution >= 0.6 is 22.9 Å². The molecule has 1 saturated heterocycles. The highest BCUT2D eigenvalue weighted by atomic mass is 35.5. The van der Waals surface area contributed by atoms with E-state index in [1.807, 2.05) is 33.3 Å². The van der Waals surface area contributed by atoms with Crippen LogP contribution in [-0.4, -0.2) is 80.6 Å². The van der Waals surface area contributed by atoms with E-state index in [2.05, 4.69) is 9.80 Å². The molecular formula is C15H24ClN3O2S. The molecule has 5 nitrogen and oxygen atoms in total. The summed E-state index contributed by atoms with van der Waals surface area (Å²) in [6, 6.07) is 3.84. The van der Waals surface area contributed by atoms with Crippen molar-refractivity contribution in [3.05, 3.63) is 21.3 Å². The Balaban J connectivity index is 1.80. The molecule has 0 aliphatic carbocycles. The molecular weight excluding hydrogens is 322 g/mol. The summed E-state index contributed by atoms with van der Waals surface area (Å²) in [5, 5.41) is 0. The van der Waals surface area contributed by atoms with Crippen molar-refractivity contribution in [3.8, 4) is 0 Å². The molecule has 0 aromatic carbocycles. The van der Waals surface area contributed by atoms with Gasteiger partial charge in [-0.25, -0.2) is 0 Å². The van der Waals surface area contributed by atoms with E-state index in [1.165, 1.54) is 11.3 Å². The van der Waals surface area contributed by atoms with E-state index in [9.17, 15) is 4.79 Å². The minimum absolute atomic E-state index is 0.134. The predicted molar refractivity (Wildman–Crippen MR) is 90.5 cm³/mol. The number of hydrogen-bond acceptors (Lipinski definition) is 5. The van der Waals surface area contributed by atoms with Crippen molar-refractivity contribution in [2.24, 2.45) is 0 Å². The molecule has 1 aliphatic rings. The summed E-state index contributed by atoms with van der Waals surface area (Å²) in [6.45, 7) is 4.26. The van der Waals surface area contributed by atoms with Crippen molar-refractivity contribution in [1.29, 1.82) is 0 Å². The fourth-order valence-corrected chi connectivity index (χ4v) is 3.65. The zero-order chi connectivity index (χ0) is 16.1. The lowest BCUT2D eigenvalue weighted by Crippen LogP contribution is -2.49. The molecule has 1 atom stereocenters. The number of hydrogen-bond donors (Lipinski definition) is 0. The number of nitrogens with zero attached hydrogens (tertiary/aromatic N) is 3. The Hall–Kier alpha value is -0.660. The number of rotatable bonds is 6. The van der Waals surface area contributed by atoms with Gasteiger partial charge in [-0.2, -0.15) is 0 Å². The minimum atomic E-state index is 0.134. The third-order valence-corrected chi connectivity index (χ3v) is 4.81. The molecule has 22 heavy (non-hydrogen) atoms. The fourth-order valence-electron chi connectivity index (χ4n) is 2.51. The SMILES string of the molecule is CN(C)CC1CN(CC(=O)N(C)Cc2ccc(Cl)s2)CCO1. The van der Waals surface area contributed by atoms with Gasteiger partial charge in [-0.3, -0.25) is 9.69 Å². The first-order valence-corrected chi connectivity index (χ1v) is 8.60. The van der Waals surface area contributed by atoms with Gasteiger partial charge in [-0.1, -0.05) is 11.6 Å². The maximum absolute atomic E-state index is 12.4. The maximum Gasteiger partial charge on any atom is 0.236 e. The first-order chi connectivity index (χ1) is 10.4. The Bertz CT molecular complexity index is 495. The average molecular weight is 346 g/mol. The summed E-state index contributed by atoms with van der Waals surface area (Å²) in [5.41, 5.74) is 0. The molecule has 1 fully saturated rings. The molecule has 2 heterocycles. The van der Waals surface area contributed by atoms with Crippen LogP contribution in [0.1, 0.15) is 4.88 Å². The van der Waals surface area contributed by atoms with Crippen LogP contribution in [0.15, 0.2) is 12.1 Å². The van der Waals surface area contributed by atoms with Gasteiger partial charge < -0.3 is 14.5 Å². The van der Waals surface area contributed by atoms with Crippen LogP contribution in [0.4, 0.5) is 0 Å². The van der Waals surface area contributed by atoms with Crippen molar-refractivity contribution in [3.63, 3.8) is 0 Å². The number of carbonyl (C=O) groups is 1. The van der Waals surface area contributed by atoms with E-state index in [-0.39, 0.29) is 12.0 Å². The molecule has 1 unspecified atom stereocenters. The average Bonchev–Trinajstić information content (AvgIpc) is 2.83. The van der Waals surface area contributed by atoms with Gasteiger partial charge in [-0.15, -0.1) is 11.3 Å². The monoisotopic (exact) mass is 345 g/mol. The van der Waals surface area contributed by atoms with Crippen LogP contribution in [0.3, 0.4) is 0 Å². The van der Waals surface area contributed by atoms with E-state index in [1.54, 1.807) is 4.90 Å². The van der Waals surface area contributed by atoms with Gasteiger partial charge in [0.2, 0.25) is 5.91 Å². The molecule has 124 valence electrons. The lowest BCUT2D eigenvalue weighted by molar-refractivity contribution is -0.133. The van der Waals surface area contributed by atoms with Crippen LogP contribution in [-0.2, 0) is 16.1 Å². The number of thiophene rings is 1. The van der Waals surface area contributed by atoms with E-state index < -0.39 is 0 Å². The molecule has 1 aliphatic heterocycles. The molecule has 1 aromatic heterocycles. The first kappa shape index (κ1) is 17.7. The Morgan fingerprint density at radius 3 is 2.86 bits per heavy atom. The summed E-state index contributed by atoms with van der Waals surface area (Å²) in [7, 11) is 5.91. The van der Waals surface area contributed by atoms with E-state index in [0.717, 1.165) is 28.8 Å². The summed E-state index contributed by atoms with van der Waals surface area (Å²) in [5.74, 6) is 0.134. The van der Waals surface area contributed by atoms with Gasteiger partial charge in [0, 0.05) is 31.6 Å². The smallest absolute Gasteiger partial charge is 0.236 e. The number of likely N-dealkylation sites (N-methyl/N-ethyl adjacent to an activating group) is 2. The number of halogens is 1. The molecule has 0 radical (unpaired) electrons. The lowest BCUT2D eigenvalue weighted by Gasteiger charge is -2.34. The van der Waals surface area contributed by atoms with Crippen molar-refractivity contribution >= 4 is 28.8 Å². The summed E-state index contributed by atoms with van der Waals surface area (Å²) in [6.07, 6.45) is 0.179. The Morgan fingerprint density at radius 1 is 1.45 bits per heavy atom. The maximum atomic E-state index is 12.4. The van der Waals surface area contributed by atoms with Gasteiger partial charge in [0.25, 0.3) is 0 Å². The number of amides is 1. The van der Waals surface area contributed by atoms with Gasteiger partial charge in [-0.05, 0) is 26.2 Å². The zero-order valence-corrected chi connectivity index (χ0v) is 15.0. The van der Waals surface area contributed by atoms with Crippen LogP contribution in [0.25, 0.3) is 0 Å². The van der Waals surface area contributed by atoms with Gasteiger partial charge in [0.1, 0.15) is 0 Å². The molecule has 2 rings (SSSR count). The lowest BCUT2D eigenvalue weighted by atomic mass is 10.2. The van der Waals surface area contributed by atoms with Gasteiger partial charge in [0.15, 0.2) is 0 Å². The highest BCUT2D eigenvalue weighted by molar-refractivity contribution is 7.16. The predicted octanol–water partition coefficient (Wildman–Crippen LogP) is 1.62.